The third kappa shape index (κ3) is 1.42. The number of aliphatic imine (C=N–C) groups is 1. The molecule has 0 saturated carbocycles. The zero-order chi connectivity index (χ0) is 12.9. The van der Waals surface area contributed by atoms with Crippen LogP contribution in [0.4, 0.5) is 5.69 Å². The second kappa shape index (κ2) is 3.52. The highest BCUT2D eigenvalue weighted by Gasteiger charge is 2.48. The second-order valence-corrected chi connectivity index (χ2v) is 5.09. The molecule has 1 amide bonds. The van der Waals surface area contributed by atoms with E-state index in [0.717, 1.165) is 5.69 Å². The number of fused-ring (bicyclic) bond motifs is 1. The van der Waals surface area contributed by atoms with Crippen LogP contribution in [0.1, 0.15) is 13.8 Å². The first kappa shape index (κ1) is 11.2. The first-order chi connectivity index (χ1) is 8.50. The molecular formula is C12H12N4OS. The number of para-hydroxylation sites is 1. The van der Waals surface area contributed by atoms with Gasteiger partial charge in [0, 0.05) is 0 Å². The van der Waals surface area contributed by atoms with Crippen molar-refractivity contribution in [1.29, 1.82) is 0 Å². The number of hydrogen-bond acceptors (Lipinski definition) is 3. The number of carbonyl (C=O) groups is 1. The minimum Gasteiger partial charge on any atom is -0.270 e. The van der Waals surface area contributed by atoms with Crippen molar-refractivity contribution in [2.24, 2.45) is 4.99 Å². The molecule has 0 aliphatic carbocycles. The van der Waals surface area contributed by atoms with Crippen molar-refractivity contribution in [3.8, 4) is 0 Å². The summed E-state index contributed by atoms with van der Waals surface area (Å²) in [4.78, 5) is 18.3. The summed E-state index contributed by atoms with van der Waals surface area (Å²) >= 11 is 5.24. The van der Waals surface area contributed by atoms with Gasteiger partial charge in [0.05, 0.1) is 5.69 Å². The molecule has 92 valence electrons. The van der Waals surface area contributed by atoms with Gasteiger partial charge >= 0.3 is 0 Å². The lowest BCUT2D eigenvalue weighted by Gasteiger charge is -2.16. The maximum absolute atomic E-state index is 12.1. The Morgan fingerprint density at radius 2 is 1.94 bits per heavy atom. The van der Waals surface area contributed by atoms with E-state index in [1.54, 1.807) is 18.7 Å². The summed E-state index contributed by atoms with van der Waals surface area (Å²) in [6.45, 7) is 3.57. The number of carbonyl (C=O) groups excluding carboxylic acids is 1. The molecule has 1 N–H and O–H groups in total. The van der Waals surface area contributed by atoms with Crippen molar-refractivity contribution in [2.45, 2.75) is 19.4 Å². The average Bonchev–Trinajstić information content (AvgIpc) is 2.75. The molecule has 0 atom stereocenters. The number of hydrazine groups is 1. The smallest absolute Gasteiger partial charge is 0.270 e. The molecule has 6 heteroatoms. The quantitative estimate of drug-likeness (QED) is 0.773. The van der Waals surface area contributed by atoms with Gasteiger partial charge in [0.2, 0.25) is 5.96 Å². The van der Waals surface area contributed by atoms with Gasteiger partial charge in [-0.25, -0.2) is 4.99 Å². The number of benzene rings is 1. The van der Waals surface area contributed by atoms with Crippen LogP contribution in [-0.2, 0) is 4.79 Å². The maximum atomic E-state index is 12.1. The van der Waals surface area contributed by atoms with Crippen molar-refractivity contribution in [3.05, 3.63) is 30.3 Å². The molecule has 2 aliphatic heterocycles. The lowest BCUT2D eigenvalue weighted by Crippen LogP contribution is -2.43. The summed E-state index contributed by atoms with van der Waals surface area (Å²) in [5, 5.41) is 1.87. The molecule has 18 heavy (non-hydrogen) atoms. The summed E-state index contributed by atoms with van der Waals surface area (Å²) in [7, 11) is 0. The maximum Gasteiger partial charge on any atom is 0.275 e. The van der Waals surface area contributed by atoms with E-state index in [4.69, 9.17) is 12.2 Å². The number of nitrogens with zero attached hydrogens (tertiary/aromatic N) is 3. The number of guanidine groups is 1. The number of amides is 1. The molecule has 1 fully saturated rings. The predicted molar refractivity (Wildman–Crippen MR) is 73.0 cm³/mol. The molecule has 2 heterocycles. The second-order valence-electron chi connectivity index (χ2n) is 4.70. The van der Waals surface area contributed by atoms with Crippen molar-refractivity contribution in [3.63, 3.8) is 0 Å². The molecular weight excluding hydrogens is 248 g/mol. The highest BCUT2D eigenvalue weighted by molar-refractivity contribution is 7.80. The van der Waals surface area contributed by atoms with E-state index >= 15 is 0 Å². The zero-order valence-electron chi connectivity index (χ0n) is 10.0. The largest absolute Gasteiger partial charge is 0.275 e. The Balaban J connectivity index is 2.07. The summed E-state index contributed by atoms with van der Waals surface area (Å²) in [6.07, 6.45) is 0. The fourth-order valence-electron chi connectivity index (χ4n) is 2.01. The topological polar surface area (TPSA) is 47.9 Å². The minimum absolute atomic E-state index is 0.0988. The van der Waals surface area contributed by atoms with Gasteiger partial charge in [-0.1, -0.05) is 18.2 Å². The molecule has 1 aromatic rings. The Morgan fingerprint density at radius 3 is 2.61 bits per heavy atom. The number of nitrogens with one attached hydrogen (secondary N) is 1. The Hall–Kier alpha value is -1.95. The van der Waals surface area contributed by atoms with Gasteiger partial charge < -0.3 is 0 Å². The fourth-order valence-corrected chi connectivity index (χ4v) is 2.29. The number of anilines is 1. The fraction of sp³-hybridized carbons (Fsp3) is 0.250. The van der Waals surface area contributed by atoms with Crippen LogP contribution in [-0.4, -0.2) is 27.5 Å². The molecule has 0 unspecified atom stereocenters. The molecule has 1 aromatic carbocycles. The molecule has 0 aromatic heterocycles. The lowest BCUT2D eigenvalue weighted by atomic mass is 10.1. The third-order valence-corrected chi connectivity index (χ3v) is 3.20. The van der Waals surface area contributed by atoms with Crippen LogP contribution in [0.25, 0.3) is 0 Å². The monoisotopic (exact) mass is 260 g/mol. The van der Waals surface area contributed by atoms with Gasteiger partial charge in [-0.2, -0.15) is 5.01 Å². The SMILES string of the molecule is CC1(C)N=C2N(NC(=S)N2c2ccccc2)C1=O. The Bertz CT molecular complexity index is 567. The van der Waals surface area contributed by atoms with Crippen LogP contribution in [0.15, 0.2) is 35.3 Å². The molecule has 0 spiro atoms. The predicted octanol–water partition coefficient (Wildman–Crippen LogP) is 1.27. The van der Waals surface area contributed by atoms with Gasteiger partial charge in [-0.15, -0.1) is 0 Å². The van der Waals surface area contributed by atoms with Crippen LogP contribution in [0, 0.1) is 0 Å². The molecule has 3 rings (SSSR count). The van der Waals surface area contributed by atoms with Crippen molar-refractivity contribution in [1.82, 2.24) is 10.4 Å². The van der Waals surface area contributed by atoms with E-state index in [1.165, 1.54) is 5.01 Å². The molecule has 5 nitrogen and oxygen atoms in total. The first-order valence-electron chi connectivity index (χ1n) is 5.61. The van der Waals surface area contributed by atoms with E-state index in [0.29, 0.717) is 11.1 Å². The van der Waals surface area contributed by atoms with Crippen LogP contribution in [0.2, 0.25) is 0 Å². The summed E-state index contributed by atoms with van der Waals surface area (Å²) in [5.74, 6) is 0.444. The van der Waals surface area contributed by atoms with E-state index < -0.39 is 5.54 Å². The first-order valence-corrected chi connectivity index (χ1v) is 6.02. The highest BCUT2D eigenvalue weighted by atomic mass is 32.1. The van der Waals surface area contributed by atoms with Crippen LogP contribution in [0.3, 0.4) is 0 Å². The van der Waals surface area contributed by atoms with Crippen molar-refractivity contribution in [2.75, 3.05) is 4.90 Å². The molecule has 1 saturated heterocycles. The minimum atomic E-state index is -0.745. The van der Waals surface area contributed by atoms with Crippen molar-refractivity contribution >= 4 is 34.9 Å². The molecule has 0 radical (unpaired) electrons. The average molecular weight is 260 g/mol. The van der Waals surface area contributed by atoms with Gasteiger partial charge in [0.1, 0.15) is 5.54 Å². The van der Waals surface area contributed by atoms with Crippen LogP contribution >= 0.6 is 12.2 Å². The number of rotatable bonds is 1. The van der Waals surface area contributed by atoms with Crippen LogP contribution < -0.4 is 10.3 Å². The number of thiocarbonyl (C=S) groups is 1. The normalized spacial score (nSPS) is 20.9. The van der Waals surface area contributed by atoms with E-state index in [-0.39, 0.29) is 5.91 Å². The van der Waals surface area contributed by atoms with Crippen molar-refractivity contribution < 1.29 is 4.79 Å². The summed E-state index contributed by atoms with van der Waals surface area (Å²) in [6, 6.07) is 9.62. The Kier molecular flexibility index (Phi) is 2.18. The highest BCUT2D eigenvalue weighted by Crippen LogP contribution is 2.28. The third-order valence-electron chi connectivity index (χ3n) is 2.93. The summed E-state index contributed by atoms with van der Waals surface area (Å²) < 4.78 is 0. The van der Waals surface area contributed by atoms with E-state index in [9.17, 15) is 4.79 Å². The van der Waals surface area contributed by atoms with Gasteiger partial charge in [0.25, 0.3) is 5.91 Å². The Labute approximate surface area is 110 Å². The molecule has 2 aliphatic rings. The van der Waals surface area contributed by atoms with E-state index in [2.05, 4.69) is 10.4 Å². The Morgan fingerprint density at radius 1 is 1.28 bits per heavy atom. The van der Waals surface area contributed by atoms with Gasteiger partial charge in [0.15, 0.2) is 5.11 Å². The lowest BCUT2D eigenvalue weighted by molar-refractivity contribution is -0.131. The molecule has 0 bridgehead atoms. The van der Waals surface area contributed by atoms with Crippen LogP contribution in [0.5, 0.6) is 0 Å². The summed E-state index contributed by atoms with van der Waals surface area (Å²) in [5.41, 5.74) is 3.03. The standard InChI is InChI=1S/C12H12N4OS/c1-12(2)9(17)16-10(13-12)15(11(18)14-16)8-6-4-3-5-7-8/h3-7H,1-2H3,(H,14,18). The van der Waals surface area contributed by atoms with Gasteiger partial charge in [-0.3, -0.25) is 15.1 Å². The number of hydrogen-bond donors (Lipinski definition) is 1. The zero-order valence-corrected chi connectivity index (χ0v) is 10.9. The van der Waals surface area contributed by atoms with E-state index in [1.807, 2.05) is 30.3 Å². The van der Waals surface area contributed by atoms with Gasteiger partial charge in [-0.05, 0) is 38.2 Å².